The number of hydrogen-bond acceptors (Lipinski definition) is 5. The summed E-state index contributed by atoms with van der Waals surface area (Å²) in [5.74, 6) is 6.86. The molecule has 6 heteroatoms. The molecule has 1 N–H and O–H groups in total. The molecule has 92 valence electrons. The molecule has 1 fully saturated rings. The minimum Gasteiger partial charge on any atom is -0.312 e. The van der Waals surface area contributed by atoms with Crippen LogP contribution in [0.3, 0.4) is 0 Å². The Kier molecular flexibility index (Phi) is 4.83. The van der Waals surface area contributed by atoms with E-state index in [2.05, 4.69) is 32.7 Å². The van der Waals surface area contributed by atoms with Gasteiger partial charge in [-0.3, -0.25) is 0 Å². The van der Waals surface area contributed by atoms with Crippen LogP contribution in [0, 0.1) is 11.8 Å². The van der Waals surface area contributed by atoms with E-state index in [9.17, 15) is 0 Å². The van der Waals surface area contributed by atoms with Crippen molar-refractivity contribution in [2.45, 2.75) is 43.9 Å². The summed E-state index contributed by atoms with van der Waals surface area (Å²) in [5, 5.41) is 16.1. The highest BCUT2D eigenvalue weighted by atomic mass is 32.2. The van der Waals surface area contributed by atoms with Crippen molar-refractivity contribution in [1.29, 1.82) is 0 Å². The fourth-order valence-electron chi connectivity index (χ4n) is 1.42. The van der Waals surface area contributed by atoms with Crippen molar-refractivity contribution in [3.05, 3.63) is 0 Å². The topological polar surface area (TPSA) is 55.6 Å². The molecule has 0 saturated heterocycles. The van der Waals surface area contributed by atoms with Crippen LogP contribution in [0.1, 0.15) is 26.2 Å². The summed E-state index contributed by atoms with van der Waals surface area (Å²) >= 11 is 1.66. The Balaban J connectivity index is 1.71. The molecule has 5 nitrogen and oxygen atoms in total. The summed E-state index contributed by atoms with van der Waals surface area (Å²) in [7, 11) is 0. The van der Waals surface area contributed by atoms with E-state index in [-0.39, 0.29) is 0 Å². The second kappa shape index (κ2) is 6.62. The molecular weight excluding hydrogens is 234 g/mol. The number of rotatable bonds is 7. The smallest absolute Gasteiger partial charge is 0.209 e. The van der Waals surface area contributed by atoms with E-state index in [1.807, 2.05) is 11.6 Å². The van der Waals surface area contributed by atoms with E-state index < -0.39 is 0 Å². The summed E-state index contributed by atoms with van der Waals surface area (Å²) in [5.41, 5.74) is 0. The maximum absolute atomic E-state index is 4.02. The molecule has 1 aromatic rings. The standard InChI is InChI=1S/C11H17N5S/c1-2-3-4-9-17-11-13-14-15-16(11)8-7-12-10-5-6-10/h10,12H,4-9H2,1H3. The lowest BCUT2D eigenvalue weighted by atomic mass is 10.5. The molecule has 0 atom stereocenters. The van der Waals surface area contributed by atoms with Gasteiger partial charge in [0.1, 0.15) is 0 Å². The van der Waals surface area contributed by atoms with Crippen LogP contribution in [0.25, 0.3) is 0 Å². The monoisotopic (exact) mass is 251 g/mol. The summed E-state index contributed by atoms with van der Waals surface area (Å²) < 4.78 is 1.86. The Morgan fingerprint density at radius 1 is 1.53 bits per heavy atom. The molecule has 17 heavy (non-hydrogen) atoms. The number of nitrogens with one attached hydrogen (secondary N) is 1. The quantitative estimate of drug-likeness (QED) is 0.444. The first-order valence-electron chi connectivity index (χ1n) is 5.92. The Hall–Kier alpha value is -1.06. The Labute approximate surface area is 106 Å². The van der Waals surface area contributed by atoms with E-state index >= 15 is 0 Å². The SMILES string of the molecule is CC#CCCSc1nnnn1CCNC1CC1. The van der Waals surface area contributed by atoms with E-state index in [0.29, 0.717) is 0 Å². The number of nitrogens with zero attached hydrogens (tertiary/aromatic N) is 4. The lowest BCUT2D eigenvalue weighted by molar-refractivity contribution is 0.509. The van der Waals surface area contributed by atoms with Crippen LogP contribution in [-0.2, 0) is 6.54 Å². The second-order valence-electron chi connectivity index (χ2n) is 3.94. The lowest BCUT2D eigenvalue weighted by Crippen LogP contribution is -2.22. The number of aromatic nitrogens is 4. The van der Waals surface area contributed by atoms with Crippen LogP contribution in [0.5, 0.6) is 0 Å². The van der Waals surface area contributed by atoms with Crippen molar-refractivity contribution in [3.63, 3.8) is 0 Å². The zero-order valence-corrected chi connectivity index (χ0v) is 10.8. The Morgan fingerprint density at radius 3 is 3.18 bits per heavy atom. The van der Waals surface area contributed by atoms with Gasteiger partial charge in [-0.2, -0.15) is 0 Å². The Morgan fingerprint density at radius 2 is 2.41 bits per heavy atom. The molecule has 0 aliphatic heterocycles. The molecule has 1 aliphatic carbocycles. The number of tetrazole rings is 1. The van der Waals surface area contributed by atoms with Crippen molar-refractivity contribution in [2.24, 2.45) is 0 Å². The molecule has 0 spiro atoms. The maximum Gasteiger partial charge on any atom is 0.209 e. The van der Waals surface area contributed by atoms with Gasteiger partial charge in [-0.15, -0.1) is 16.9 Å². The van der Waals surface area contributed by atoms with Gasteiger partial charge < -0.3 is 5.32 Å². The van der Waals surface area contributed by atoms with Crippen molar-refractivity contribution >= 4 is 11.8 Å². The molecule has 1 heterocycles. The molecule has 1 aromatic heterocycles. The van der Waals surface area contributed by atoms with Gasteiger partial charge in [0, 0.05) is 24.8 Å². The van der Waals surface area contributed by atoms with Crippen LogP contribution < -0.4 is 5.32 Å². The minimum atomic E-state index is 0.738. The number of thioether (sulfide) groups is 1. The first kappa shape index (κ1) is 12.4. The molecule has 2 rings (SSSR count). The zero-order chi connectivity index (χ0) is 11.9. The van der Waals surface area contributed by atoms with E-state index in [0.717, 1.165) is 36.5 Å². The van der Waals surface area contributed by atoms with Gasteiger partial charge in [0.05, 0.1) is 6.54 Å². The van der Waals surface area contributed by atoms with Crippen LogP contribution >= 0.6 is 11.8 Å². The third-order valence-electron chi connectivity index (χ3n) is 2.47. The number of hydrogen-bond donors (Lipinski definition) is 1. The first-order valence-corrected chi connectivity index (χ1v) is 6.90. The molecule has 0 unspecified atom stereocenters. The average molecular weight is 251 g/mol. The van der Waals surface area contributed by atoms with Crippen molar-refractivity contribution in [1.82, 2.24) is 25.5 Å². The zero-order valence-electron chi connectivity index (χ0n) is 10.0. The van der Waals surface area contributed by atoms with Gasteiger partial charge in [0.15, 0.2) is 0 Å². The van der Waals surface area contributed by atoms with Gasteiger partial charge in [-0.05, 0) is 30.2 Å². The maximum atomic E-state index is 4.02. The third-order valence-corrected chi connectivity index (χ3v) is 3.43. The fraction of sp³-hybridized carbons (Fsp3) is 0.727. The molecule has 1 saturated carbocycles. The highest BCUT2D eigenvalue weighted by Crippen LogP contribution is 2.18. The van der Waals surface area contributed by atoms with Crippen molar-refractivity contribution < 1.29 is 0 Å². The second-order valence-corrected chi connectivity index (χ2v) is 5.00. The van der Waals surface area contributed by atoms with Crippen LogP contribution in [-0.4, -0.2) is 38.5 Å². The van der Waals surface area contributed by atoms with E-state index in [1.54, 1.807) is 11.8 Å². The van der Waals surface area contributed by atoms with Gasteiger partial charge in [-0.1, -0.05) is 11.8 Å². The lowest BCUT2D eigenvalue weighted by Gasteiger charge is -2.04. The van der Waals surface area contributed by atoms with E-state index in [1.165, 1.54) is 12.8 Å². The third kappa shape index (κ3) is 4.36. The van der Waals surface area contributed by atoms with Gasteiger partial charge >= 0.3 is 0 Å². The average Bonchev–Trinajstić information content (AvgIpc) is 3.05. The van der Waals surface area contributed by atoms with Gasteiger partial charge in [0.25, 0.3) is 0 Å². The van der Waals surface area contributed by atoms with Crippen molar-refractivity contribution in [3.8, 4) is 11.8 Å². The normalized spacial score (nSPS) is 14.4. The van der Waals surface area contributed by atoms with Crippen LogP contribution in [0.15, 0.2) is 5.16 Å². The molecule has 0 aromatic carbocycles. The highest BCUT2D eigenvalue weighted by Gasteiger charge is 2.19. The summed E-state index contributed by atoms with van der Waals surface area (Å²) in [6, 6.07) is 0.738. The largest absolute Gasteiger partial charge is 0.312 e. The summed E-state index contributed by atoms with van der Waals surface area (Å²) in [4.78, 5) is 0. The van der Waals surface area contributed by atoms with E-state index in [4.69, 9.17) is 0 Å². The Bertz CT molecular complexity index is 401. The molecular formula is C11H17N5S. The summed E-state index contributed by atoms with van der Waals surface area (Å²) in [6.45, 7) is 3.64. The van der Waals surface area contributed by atoms with Crippen LogP contribution in [0.2, 0.25) is 0 Å². The van der Waals surface area contributed by atoms with Gasteiger partial charge in [0.2, 0.25) is 5.16 Å². The predicted octanol–water partition coefficient (Wildman–Crippen LogP) is 0.931. The first-order chi connectivity index (χ1) is 8.40. The van der Waals surface area contributed by atoms with Crippen molar-refractivity contribution in [2.75, 3.05) is 12.3 Å². The van der Waals surface area contributed by atoms with Crippen LogP contribution in [0.4, 0.5) is 0 Å². The fourth-order valence-corrected chi connectivity index (χ4v) is 2.18. The highest BCUT2D eigenvalue weighted by molar-refractivity contribution is 7.99. The van der Waals surface area contributed by atoms with Gasteiger partial charge in [-0.25, -0.2) is 4.68 Å². The molecule has 0 amide bonds. The molecule has 1 aliphatic rings. The molecule has 0 radical (unpaired) electrons. The predicted molar refractivity (Wildman–Crippen MR) is 67.6 cm³/mol. The molecule has 0 bridgehead atoms. The summed E-state index contributed by atoms with van der Waals surface area (Å²) in [6.07, 6.45) is 3.51. The minimum absolute atomic E-state index is 0.738.